The number of rotatable bonds is 4. The molecule has 0 radical (unpaired) electrons. The van der Waals surface area contributed by atoms with Crippen molar-refractivity contribution in [1.29, 1.82) is 0 Å². The van der Waals surface area contributed by atoms with Gasteiger partial charge in [-0.1, -0.05) is 0 Å². The summed E-state index contributed by atoms with van der Waals surface area (Å²) < 4.78 is 0. The Kier molecular flexibility index (Phi) is 3.64. The largest absolute Gasteiger partial charge is 0.349 e. The Morgan fingerprint density at radius 1 is 1.71 bits per heavy atom. The standard InChI is InChI=1S/C9H16N4O/c1-6(10)3-9(14)13-7(2)8-4-11-12-5-8/h4-7H,3,10H2,1-2H3,(H,11,12)(H,13,14). The molecule has 0 saturated heterocycles. The number of H-pyrrole nitrogens is 1. The molecule has 0 aliphatic heterocycles. The van der Waals surface area contributed by atoms with Crippen LogP contribution in [0.3, 0.4) is 0 Å². The van der Waals surface area contributed by atoms with E-state index in [-0.39, 0.29) is 18.0 Å². The molecule has 2 atom stereocenters. The number of nitrogens with zero attached hydrogens (tertiary/aromatic N) is 1. The van der Waals surface area contributed by atoms with Gasteiger partial charge in [-0.3, -0.25) is 9.89 Å². The number of carbonyl (C=O) groups is 1. The van der Waals surface area contributed by atoms with E-state index in [0.717, 1.165) is 5.56 Å². The molecule has 5 nitrogen and oxygen atoms in total. The zero-order valence-corrected chi connectivity index (χ0v) is 8.45. The second kappa shape index (κ2) is 4.76. The van der Waals surface area contributed by atoms with E-state index in [1.54, 1.807) is 12.4 Å². The zero-order valence-electron chi connectivity index (χ0n) is 8.45. The van der Waals surface area contributed by atoms with Crippen LogP contribution in [0.1, 0.15) is 31.9 Å². The fraction of sp³-hybridized carbons (Fsp3) is 0.556. The first-order chi connectivity index (χ1) is 6.59. The lowest BCUT2D eigenvalue weighted by Gasteiger charge is -2.12. The number of aromatic amines is 1. The van der Waals surface area contributed by atoms with Gasteiger partial charge in [-0.15, -0.1) is 0 Å². The maximum absolute atomic E-state index is 11.3. The maximum atomic E-state index is 11.3. The van der Waals surface area contributed by atoms with Gasteiger partial charge >= 0.3 is 0 Å². The highest BCUT2D eigenvalue weighted by atomic mass is 16.1. The van der Waals surface area contributed by atoms with Crippen molar-refractivity contribution in [3.63, 3.8) is 0 Å². The van der Waals surface area contributed by atoms with Gasteiger partial charge in [-0.2, -0.15) is 5.10 Å². The van der Waals surface area contributed by atoms with Crippen molar-refractivity contribution in [2.24, 2.45) is 5.73 Å². The minimum Gasteiger partial charge on any atom is -0.349 e. The Balaban J connectivity index is 2.41. The SMILES string of the molecule is CC(N)CC(=O)NC(C)c1cn[nH]c1. The van der Waals surface area contributed by atoms with E-state index in [1.807, 2.05) is 13.8 Å². The molecule has 5 heteroatoms. The van der Waals surface area contributed by atoms with E-state index >= 15 is 0 Å². The predicted molar refractivity (Wildman–Crippen MR) is 53.4 cm³/mol. The number of hydrogen-bond donors (Lipinski definition) is 3. The van der Waals surface area contributed by atoms with Crippen LogP contribution in [-0.4, -0.2) is 22.1 Å². The number of aromatic nitrogens is 2. The molecule has 1 rings (SSSR count). The molecule has 0 fully saturated rings. The van der Waals surface area contributed by atoms with Crippen LogP contribution in [0, 0.1) is 0 Å². The highest BCUT2D eigenvalue weighted by Crippen LogP contribution is 2.08. The molecule has 0 aliphatic rings. The first-order valence-corrected chi connectivity index (χ1v) is 4.63. The van der Waals surface area contributed by atoms with Gasteiger partial charge in [0.05, 0.1) is 12.2 Å². The van der Waals surface area contributed by atoms with E-state index in [2.05, 4.69) is 15.5 Å². The molecule has 2 unspecified atom stereocenters. The molecule has 0 saturated carbocycles. The Morgan fingerprint density at radius 3 is 2.93 bits per heavy atom. The normalized spacial score (nSPS) is 14.8. The predicted octanol–water partition coefficient (Wildman–Crippen LogP) is 0.324. The highest BCUT2D eigenvalue weighted by Gasteiger charge is 2.11. The summed E-state index contributed by atoms with van der Waals surface area (Å²) >= 11 is 0. The average molecular weight is 196 g/mol. The second-order valence-electron chi connectivity index (χ2n) is 3.50. The van der Waals surface area contributed by atoms with Gasteiger partial charge in [-0.05, 0) is 13.8 Å². The molecule has 0 aliphatic carbocycles. The van der Waals surface area contributed by atoms with Crippen LogP contribution in [0.2, 0.25) is 0 Å². The van der Waals surface area contributed by atoms with E-state index in [4.69, 9.17) is 5.73 Å². The van der Waals surface area contributed by atoms with Gasteiger partial charge in [0, 0.05) is 24.2 Å². The summed E-state index contributed by atoms with van der Waals surface area (Å²) in [5, 5.41) is 9.34. The Hall–Kier alpha value is -1.36. The van der Waals surface area contributed by atoms with Gasteiger partial charge in [0.15, 0.2) is 0 Å². The molecule has 0 bridgehead atoms. The minimum absolute atomic E-state index is 0.0278. The quantitative estimate of drug-likeness (QED) is 0.648. The highest BCUT2D eigenvalue weighted by molar-refractivity contribution is 5.76. The fourth-order valence-electron chi connectivity index (χ4n) is 1.17. The van der Waals surface area contributed by atoms with Crippen molar-refractivity contribution >= 4 is 5.91 Å². The molecule has 1 aromatic heterocycles. The van der Waals surface area contributed by atoms with Gasteiger partial charge in [0.25, 0.3) is 0 Å². The van der Waals surface area contributed by atoms with Gasteiger partial charge < -0.3 is 11.1 Å². The Morgan fingerprint density at radius 2 is 2.43 bits per heavy atom. The third kappa shape index (κ3) is 3.18. The lowest BCUT2D eigenvalue weighted by molar-refractivity contribution is -0.121. The lowest BCUT2D eigenvalue weighted by Crippen LogP contribution is -2.31. The minimum atomic E-state index is -0.105. The van der Waals surface area contributed by atoms with Crippen LogP contribution in [-0.2, 0) is 4.79 Å². The number of hydrogen-bond acceptors (Lipinski definition) is 3. The van der Waals surface area contributed by atoms with Crippen LogP contribution in [0.25, 0.3) is 0 Å². The summed E-state index contributed by atoms with van der Waals surface area (Å²) in [6, 6.07) is -0.133. The molecule has 4 N–H and O–H groups in total. The number of nitrogens with two attached hydrogens (primary N) is 1. The van der Waals surface area contributed by atoms with E-state index in [0.29, 0.717) is 6.42 Å². The van der Waals surface area contributed by atoms with Crippen LogP contribution in [0.5, 0.6) is 0 Å². The first-order valence-electron chi connectivity index (χ1n) is 4.63. The van der Waals surface area contributed by atoms with Crippen molar-refractivity contribution in [3.8, 4) is 0 Å². The maximum Gasteiger partial charge on any atom is 0.222 e. The molecule has 1 heterocycles. The summed E-state index contributed by atoms with van der Waals surface area (Å²) in [6.45, 7) is 3.71. The summed E-state index contributed by atoms with van der Waals surface area (Å²) in [5.41, 5.74) is 6.47. The van der Waals surface area contributed by atoms with Gasteiger partial charge in [0.1, 0.15) is 0 Å². The fourth-order valence-corrected chi connectivity index (χ4v) is 1.17. The molecule has 14 heavy (non-hydrogen) atoms. The van der Waals surface area contributed by atoms with Gasteiger partial charge in [-0.25, -0.2) is 0 Å². The summed E-state index contributed by atoms with van der Waals surface area (Å²) in [6.07, 6.45) is 3.80. The molecule has 1 amide bonds. The third-order valence-electron chi connectivity index (χ3n) is 1.90. The Bertz CT molecular complexity index is 281. The third-order valence-corrected chi connectivity index (χ3v) is 1.90. The van der Waals surface area contributed by atoms with Crippen molar-refractivity contribution in [2.45, 2.75) is 32.4 Å². The molecular formula is C9H16N4O. The van der Waals surface area contributed by atoms with E-state index < -0.39 is 0 Å². The molecular weight excluding hydrogens is 180 g/mol. The summed E-state index contributed by atoms with van der Waals surface area (Å²) in [4.78, 5) is 11.3. The van der Waals surface area contributed by atoms with Crippen LogP contribution < -0.4 is 11.1 Å². The summed E-state index contributed by atoms with van der Waals surface area (Å²) in [5.74, 6) is -0.0336. The topological polar surface area (TPSA) is 83.8 Å². The van der Waals surface area contributed by atoms with E-state index in [9.17, 15) is 4.79 Å². The molecule has 0 spiro atoms. The lowest BCUT2D eigenvalue weighted by atomic mass is 10.1. The van der Waals surface area contributed by atoms with Gasteiger partial charge in [0.2, 0.25) is 5.91 Å². The molecule has 0 aromatic carbocycles. The van der Waals surface area contributed by atoms with Crippen molar-refractivity contribution < 1.29 is 4.79 Å². The van der Waals surface area contributed by atoms with Crippen molar-refractivity contribution in [2.75, 3.05) is 0 Å². The van der Waals surface area contributed by atoms with Crippen molar-refractivity contribution in [1.82, 2.24) is 15.5 Å². The smallest absolute Gasteiger partial charge is 0.222 e. The first kappa shape index (κ1) is 10.7. The second-order valence-corrected chi connectivity index (χ2v) is 3.50. The van der Waals surface area contributed by atoms with Crippen LogP contribution in [0.4, 0.5) is 0 Å². The number of amides is 1. The monoisotopic (exact) mass is 196 g/mol. The summed E-state index contributed by atoms with van der Waals surface area (Å²) in [7, 11) is 0. The number of nitrogens with one attached hydrogen (secondary N) is 2. The van der Waals surface area contributed by atoms with Crippen molar-refractivity contribution in [3.05, 3.63) is 18.0 Å². The van der Waals surface area contributed by atoms with E-state index in [1.165, 1.54) is 0 Å². The average Bonchev–Trinajstić information content (AvgIpc) is 2.53. The zero-order chi connectivity index (χ0) is 10.6. The Labute approximate surface area is 83.1 Å². The molecule has 78 valence electrons. The van der Waals surface area contributed by atoms with Crippen LogP contribution in [0.15, 0.2) is 12.4 Å². The number of carbonyl (C=O) groups excluding carboxylic acids is 1. The molecule has 1 aromatic rings. The van der Waals surface area contributed by atoms with Crippen LogP contribution >= 0.6 is 0 Å².